The van der Waals surface area contributed by atoms with Crippen LogP contribution in [0.1, 0.15) is 13.3 Å². The zero-order chi connectivity index (χ0) is 8.69. The number of thiol groups is 1. The normalized spacial score (nSPS) is 9.27. The molecule has 0 aliphatic carbocycles. The molecule has 0 amide bonds. The quantitative estimate of drug-likeness (QED) is 0.435. The third-order valence-corrected chi connectivity index (χ3v) is 2.23. The van der Waals surface area contributed by atoms with E-state index in [4.69, 9.17) is 4.74 Å². The van der Waals surface area contributed by atoms with Gasteiger partial charge in [0.1, 0.15) is 3.53 Å². The van der Waals surface area contributed by atoms with Crippen LogP contribution in [0, 0.1) is 0 Å². The van der Waals surface area contributed by atoms with Crippen LogP contribution in [-0.2, 0) is 9.53 Å². The molecule has 0 atom stereocenters. The van der Waals surface area contributed by atoms with Crippen LogP contribution < -0.4 is 0 Å². The van der Waals surface area contributed by atoms with E-state index in [1.807, 2.05) is 0 Å². The number of esters is 1. The Labute approximate surface area is 81.5 Å². The molecule has 64 valence electrons. The lowest BCUT2D eigenvalue weighted by atomic mass is 10.5. The van der Waals surface area contributed by atoms with Gasteiger partial charge in [-0.3, -0.25) is 4.79 Å². The highest BCUT2D eigenvalue weighted by atomic mass is 32.2. The Hall–Kier alpha value is 0.260. The molecule has 0 saturated heterocycles. The Morgan fingerprint density at radius 1 is 1.73 bits per heavy atom. The second kappa shape index (κ2) is 6.94. The maximum atomic E-state index is 10.7. The van der Waals surface area contributed by atoms with Gasteiger partial charge in [0.2, 0.25) is 0 Å². The zero-order valence-corrected chi connectivity index (χ0v) is 8.73. The molecular formula is C6H10O2S3. The van der Waals surface area contributed by atoms with Crippen LogP contribution >= 0.6 is 36.6 Å². The predicted molar refractivity (Wildman–Crippen MR) is 55.3 cm³/mol. The molecule has 0 heterocycles. The number of thiocarbonyl (C=S) groups is 1. The Kier molecular flexibility index (Phi) is 7.10. The Morgan fingerprint density at radius 2 is 2.36 bits per heavy atom. The molecule has 0 fully saturated rings. The van der Waals surface area contributed by atoms with Gasteiger partial charge in [-0.1, -0.05) is 12.2 Å². The summed E-state index contributed by atoms with van der Waals surface area (Å²) < 4.78 is 5.27. The molecule has 0 aliphatic heterocycles. The molecule has 0 aliphatic rings. The molecule has 0 rings (SSSR count). The van der Waals surface area contributed by atoms with Crippen molar-refractivity contribution in [2.45, 2.75) is 13.3 Å². The molecular weight excluding hydrogens is 200 g/mol. The molecule has 0 spiro atoms. The number of ether oxygens (including phenoxy) is 1. The molecule has 0 aromatic rings. The van der Waals surface area contributed by atoms with Gasteiger partial charge in [0.25, 0.3) is 0 Å². The topological polar surface area (TPSA) is 26.3 Å². The van der Waals surface area contributed by atoms with Gasteiger partial charge in [0.05, 0.1) is 13.0 Å². The molecule has 11 heavy (non-hydrogen) atoms. The van der Waals surface area contributed by atoms with Gasteiger partial charge in [-0.15, -0.1) is 24.4 Å². The highest BCUT2D eigenvalue weighted by Gasteiger charge is 2.00. The fraction of sp³-hybridized carbons (Fsp3) is 0.667. The summed E-state index contributed by atoms with van der Waals surface area (Å²) in [5.74, 6) is 0.478. The van der Waals surface area contributed by atoms with E-state index in [2.05, 4.69) is 24.8 Å². The fourth-order valence-electron chi connectivity index (χ4n) is 0.455. The van der Waals surface area contributed by atoms with Crippen LogP contribution in [-0.4, -0.2) is 21.9 Å². The van der Waals surface area contributed by atoms with Gasteiger partial charge >= 0.3 is 5.97 Å². The lowest BCUT2D eigenvalue weighted by Gasteiger charge is -1.99. The summed E-state index contributed by atoms with van der Waals surface area (Å²) >= 11 is 9.96. The van der Waals surface area contributed by atoms with E-state index in [1.54, 1.807) is 6.92 Å². The summed E-state index contributed by atoms with van der Waals surface area (Å²) in [6.45, 7) is 2.23. The van der Waals surface area contributed by atoms with Crippen LogP contribution in [0.3, 0.4) is 0 Å². The van der Waals surface area contributed by atoms with Gasteiger partial charge < -0.3 is 4.74 Å². The number of rotatable bonds is 4. The number of carbonyl (C=O) groups is 1. The summed E-state index contributed by atoms with van der Waals surface area (Å²) in [6, 6.07) is 0. The van der Waals surface area contributed by atoms with E-state index >= 15 is 0 Å². The molecule has 0 unspecified atom stereocenters. The second-order valence-electron chi connectivity index (χ2n) is 1.67. The molecule has 0 saturated carbocycles. The van der Waals surface area contributed by atoms with E-state index in [-0.39, 0.29) is 5.97 Å². The van der Waals surface area contributed by atoms with Crippen molar-refractivity contribution >= 4 is 46.1 Å². The summed E-state index contributed by atoms with van der Waals surface area (Å²) in [4.78, 5) is 10.7. The van der Waals surface area contributed by atoms with Crippen molar-refractivity contribution in [1.82, 2.24) is 0 Å². The average Bonchev–Trinajstić information content (AvgIpc) is 1.87. The van der Waals surface area contributed by atoms with Crippen LogP contribution in [0.25, 0.3) is 0 Å². The Balaban J connectivity index is 3.24. The van der Waals surface area contributed by atoms with Crippen LogP contribution in [0.15, 0.2) is 0 Å². The summed E-state index contributed by atoms with van der Waals surface area (Å²) in [6.07, 6.45) is 0.402. The number of thioether (sulfide) groups is 1. The first-order chi connectivity index (χ1) is 5.16. The molecule has 0 radical (unpaired) electrons. The highest BCUT2D eigenvalue weighted by Crippen LogP contribution is 2.08. The highest BCUT2D eigenvalue weighted by molar-refractivity contribution is 8.41. The number of hydrogen-bond acceptors (Lipinski definition) is 4. The van der Waals surface area contributed by atoms with Gasteiger partial charge in [0, 0.05) is 5.75 Å². The standard InChI is InChI=1S/C6H10O2S3/c1-2-8-5(7)3-4-11-6(9)10/h2-4H2,1H3,(H,9,10). The van der Waals surface area contributed by atoms with Crippen molar-refractivity contribution in [3.05, 3.63) is 0 Å². The largest absolute Gasteiger partial charge is 0.466 e. The minimum absolute atomic E-state index is 0.176. The molecule has 2 nitrogen and oxygen atoms in total. The van der Waals surface area contributed by atoms with E-state index in [0.717, 1.165) is 0 Å². The average molecular weight is 210 g/mol. The third-order valence-electron chi connectivity index (χ3n) is 0.837. The smallest absolute Gasteiger partial charge is 0.306 e. The van der Waals surface area contributed by atoms with E-state index < -0.39 is 0 Å². The van der Waals surface area contributed by atoms with Gasteiger partial charge in [-0.25, -0.2) is 0 Å². The summed E-state index contributed by atoms with van der Waals surface area (Å²) in [7, 11) is 0. The molecule has 0 aromatic carbocycles. The van der Waals surface area contributed by atoms with Crippen LogP contribution in [0.5, 0.6) is 0 Å². The van der Waals surface area contributed by atoms with Crippen molar-refractivity contribution < 1.29 is 9.53 Å². The third kappa shape index (κ3) is 8.16. The Morgan fingerprint density at radius 3 is 2.82 bits per heavy atom. The maximum absolute atomic E-state index is 10.7. The van der Waals surface area contributed by atoms with Crippen molar-refractivity contribution in [3.8, 4) is 0 Å². The minimum atomic E-state index is -0.176. The van der Waals surface area contributed by atoms with E-state index in [9.17, 15) is 4.79 Å². The van der Waals surface area contributed by atoms with Gasteiger partial charge in [0.15, 0.2) is 0 Å². The number of hydrogen-bond donors (Lipinski definition) is 1. The fourth-order valence-corrected chi connectivity index (χ4v) is 1.42. The summed E-state index contributed by atoms with van der Waals surface area (Å²) in [5, 5.41) is 0. The number of carbonyl (C=O) groups excluding carboxylic acids is 1. The molecule has 0 N–H and O–H groups in total. The maximum Gasteiger partial charge on any atom is 0.306 e. The van der Waals surface area contributed by atoms with E-state index in [1.165, 1.54) is 11.8 Å². The summed E-state index contributed by atoms with van der Waals surface area (Å²) in [5.41, 5.74) is 0. The molecule has 0 bridgehead atoms. The lowest BCUT2D eigenvalue weighted by Crippen LogP contribution is -2.04. The molecule has 5 heteroatoms. The van der Waals surface area contributed by atoms with Crippen molar-refractivity contribution in [1.29, 1.82) is 0 Å². The van der Waals surface area contributed by atoms with E-state index in [0.29, 0.717) is 22.3 Å². The van der Waals surface area contributed by atoms with Gasteiger partial charge in [-0.05, 0) is 6.92 Å². The predicted octanol–water partition coefficient (Wildman–Crippen LogP) is 1.89. The first-order valence-corrected chi connectivity index (χ1v) is 5.02. The zero-order valence-electron chi connectivity index (χ0n) is 6.20. The SMILES string of the molecule is CCOC(=O)CCSC(=S)S. The van der Waals surface area contributed by atoms with Gasteiger partial charge in [-0.2, -0.15) is 0 Å². The Bertz CT molecular complexity index is 147. The molecule has 0 aromatic heterocycles. The minimum Gasteiger partial charge on any atom is -0.466 e. The van der Waals surface area contributed by atoms with Crippen molar-refractivity contribution in [2.24, 2.45) is 0 Å². The lowest BCUT2D eigenvalue weighted by molar-refractivity contribution is -0.142. The monoisotopic (exact) mass is 210 g/mol. The first-order valence-electron chi connectivity index (χ1n) is 3.18. The van der Waals surface area contributed by atoms with Crippen LogP contribution in [0.2, 0.25) is 0 Å². The van der Waals surface area contributed by atoms with Crippen molar-refractivity contribution in [2.75, 3.05) is 12.4 Å². The van der Waals surface area contributed by atoms with Crippen molar-refractivity contribution in [3.63, 3.8) is 0 Å². The first kappa shape index (κ1) is 11.3. The second-order valence-corrected chi connectivity index (χ2v) is 4.49. The van der Waals surface area contributed by atoms with Crippen LogP contribution in [0.4, 0.5) is 0 Å².